The maximum atomic E-state index is 13.8. The molecule has 1 aromatic carbocycles. The van der Waals surface area contributed by atoms with Gasteiger partial charge in [-0.3, -0.25) is 10.1 Å². The third-order valence-corrected chi connectivity index (χ3v) is 2.81. The van der Waals surface area contributed by atoms with Gasteiger partial charge in [-0.1, -0.05) is 6.07 Å². The molecule has 0 bridgehead atoms. The first-order valence-electron chi connectivity index (χ1n) is 5.49. The minimum atomic E-state index is -0.635. The van der Waals surface area contributed by atoms with Gasteiger partial charge in [0.25, 0.3) is 0 Å². The zero-order valence-corrected chi connectivity index (χ0v) is 9.79. The van der Waals surface area contributed by atoms with Crippen LogP contribution in [-0.4, -0.2) is 25.6 Å². The van der Waals surface area contributed by atoms with E-state index in [9.17, 15) is 9.18 Å². The van der Waals surface area contributed by atoms with E-state index >= 15 is 0 Å². The lowest BCUT2D eigenvalue weighted by Crippen LogP contribution is -2.52. The molecule has 1 fully saturated rings. The Balaban J connectivity index is 2.29. The Bertz CT molecular complexity index is 437. The summed E-state index contributed by atoms with van der Waals surface area (Å²) in [5.41, 5.74) is 0.342. The molecule has 0 spiro atoms. The Morgan fingerprint density at radius 3 is 2.88 bits per heavy atom. The standard InChI is InChI=1S/C12H15FN2O2/c1-7-6-14-12(16)11(15-7)9-4-3-8(17-2)5-10(9)13/h3-5,7,11,15H,6H2,1-2H3,(H,14,16). The molecule has 1 saturated heterocycles. The summed E-state index contributed by atoms with van der Waals surface area (Å²) in [5.74, 6) is -0.200. The summed E-state index contributed by atoms with van der Waals surface area (Å²) >= 11 is 0. The van der Waals surface area contributed by atoms with Crippen LogP contribution in [0.2, 0.25) is 0 Å². The maximum Gasteiger partial charge on any atom is 0.241 e. The van der Waals surface area contributed by atoms with Crippen molar-refractivity contribution >= 4 is 5.91 Å². The summed E-state index contributed by atoms with van der Waals surface area (Å²) in [4.78, 5) is 11.7. The average molecular weight is 238 g/mol. The van der Waals surface area contributed by atoms with Crippen molar-refractivity contribution in [2.75, 3.05) is 13.7 Å². The molecule has 2 unspecified atom stereocenters. The number of nitrogens with one attached hydrogen (secondary N) is 2. The van der Waals surface area contributed by atoms with Gasteiger partial charge in [0.15, 0.2) is 0 Å². The molecule has 0 radical (unpaired) electrons. The smallest absolute Gasteiger partial charge is 0.241 e. The Kier molecular flexibility index (Phi) is 3.28. The number of rotatable bonds is 2. The molecule has 2 rings (SSSR count). The van der Waals surface area contributed by atoms with E-state index in [0.29, 0.717) is 17.9 Å². The van der Waals surface area contributed by atoms with Gasteiger partial charge in [0.2, 0.25) is 5.91 Å². The van der Waals surface area contributed by atoms with Crippen LogP contribution in [-0.2, 0) is 4.79 Å². The number of halogens is 1. The Morgan fingerprint density at radius 1 is 1.47 bits per heavy atom. The lowest BCUT2D eigenvalue weighted by atomic mass is 10.0. The third kappa shape index (κ3) is 2.39. The van der Waals surface area contributed by atoms with Crippen LogP contribution in [0.5, 0.6) is 5.75 Å². The van der Waals surface area contributed by atoms with E-state index in [0.717, 1.165) is 0 Å². The summed E-state index contributed by atoms with van der Waals surface area (Å²) in [6, 6.07) is 3.99. The van der Waals surface area contributed by atoms with E-state index in [2.05, 4.69) is 10.6 Å². The summed E-state index contributed by atoms with van der Waals surface area (Å²) in [5, 5.41) is 5.80. The van der Waals surface area contributed by atoms with Crippen LogP contribution in [0.4, 0.5) is 4.39 Å². The van der Waals surface area contributed by atoms with Gasteiger partial charge >= 0.3 is 0 Å². The number of carbonyl (C=O) groups excluding carboxylic acids is 1. The molecule has 1 heterocycles. The first kappa shape index (κ1) is 11.9. The van der Waals surface area contributed by atoms with Crippen LogP contribution in [0, 0.1) is 5.82 Å². The van der Waals surface area contributed by atoms with Crippen molar-refractivity contribution in [2.45, 2.75) is 19.0 Å². The van der Waals surface area contributed by atoms with Crippen molar-refractivity contribution in [3.05, 3.63) is 29.6 Å². The van der Waals surface area contributed by atoms with Crippen LogP contribution >= 0.6 is 0 Å². The van der Waals surface area contributed by atoms with Crippen molar-refractivity contribution in [1.29, 1.82) is 0 Å². The SMILES string of the molecule is COc1ccc(C2NC(C)CNC2=O)c(F)c1. The largest absolute Gasteiger partial charge is 0.497 e. The quantitative estimate of drug-likeness (QED) is 0.807. The van der Waals surface area contributed by atoms with Gasteiger partial charge in [-0.2, -0.15) is 0 Å². The number of hydrogen-bond donors (Lipinski definition) is 2. The molecule has 2 N–H and O–H groups in total. The molecule has 5 heteroatoms. The highest BCUT2D eigenvalue weighted by Gasteiger charge is 2.28. The van der Waals surface area contributed by atoms with Gasteiger partial charge in [-0.25, -0.2) is 4.39 Å². The molecule has 0 aliphatic carbocycles. The number of carbonyl (C=O) groups is 1. The fourth-order valence-corrected chi connectivity index (χ4v) is 1.87. The van der Waals surface area contributed by atoms with E-state index in [4.69, 9.17) is 4.74 Å². The second-order valence-corrected chi connectivity index (χ2v) is 4.13. The lowest BCUT2D eigenvalue weighted by molar-refractivity contribution is -0.125. The normalized spacial score (nSPS) is 24.3. The molecule has 1 aromatic rings. The highest BCUT2D eigenvalue weighted by molar-refractivity contribution is 5.84. The summed E-state index contributed by atoms with van der Waals surface area (Å²) in [6.45, 7) is 2.50. The molecule has 1 aliphatic heterocycles. The molecule has 1 amide bonds. The van der Waals surface area contributed by atoms with E-state index in [1.165, 1.54) is 13.2 Å². The van der Waals surface area contributed by atoms with Crippen molar-refractivity contribution in [3.8, 4) is 5.75 Å². The molecule has 92 valence electrons. The molecule has 0 saturated carbocycles. The molecule has 1 aliphatic rings. The van der Waals surface area contributed by atoms with Crippen molar-refractivity contribution in [2.24, 2.45) is 0 Å². The molecule has 4 nitrogen and oxygen atoms in total. The van der Waals surface area contributed by atoms with Crippen LogP contribution in [0.1, 0.15) is 18.5 Å². The van der Waals surface area contributed by atoms with Gasteiger partial charge in [0, 0.05) is 24.2 Å². The number of benzene rings is 1. The van der Waals surface area contributed by atoms with Gasteiger partial charge in [0.05, 0.1) is 7.11 Å². The van der Waals surface area contributed by atoms with Gasteiger partial charge < -0.3 is 10.1 Å². The number of ether oxygens (including phenoxy) is 1. The highest BCUT2D eigenvalue weighted by atomic mass is 19.1. The minimum absolute atomic E-state index is 0.124. The van der Waals surface area contributed by atoms with Crippen LogP contribution in [0.3, 0.4) is 0 Å². The predicted molar refractivity (Wildman–Crippen MR) is 61.3 cm³/mol. The Morgan fingerprint density at radius 2 is 2.24 bits per heavy atom. The van der Waals surface area contributed by atoms with E-state index in [1.807, 2.05) is 6.92 Å². The van der Waals surface area contributed by atoms with Gasteiger partial charge in [-0.15, -0.1) is 0 Å². The number of hydrogen-bond acceptors (Lipinski definition) is 3. The van der Waals surface area contributed by atoms with E-state index in [1.54, 1.807) is 12.1 Å². The fraction of sp³-hybridized carbons (Fsp3) is 0.417. The molecule has 0 aromatic heterocycles. The lowest BCUT2D eigenvalue weighted by Gasteiger charge is -2.29. The first-order chi connectivity index (χ1) is 8.11. The van der Waals surface area contributed by atoms with Gasteiger partial charge in [0.1, 0.15) is 17.6 Å². The number of methoxy groups -OCH3 is 1. The molecular weight excluding hydrogens is 223 g/mol. The molecule has 17 heavy (non-hydrogen) atoms. The van der Waals surface area contributed by atoms with Crippen molar-refractivity contribution < 1.29 is 13.9 Å². The first-order valence-corrected chi connectivity index (χ1v) is 5.49. The number of piperazine rings is 1. The highest BCUT2D eigenvalue weighted by Crippen LogP contribution is 2.23. The summed E-state index contributed by atoms with van der Waals surface area (Å²) < 4.78 is 18.7. The topological polar surface area (TPSA) is 50.4 Å². The van der Waals surface area contributed by atoms with E-state index in [-0.39, 0.29) is 11.9 Å². The Labute approximate surface area is 99.2 Å². The summed E-state index contributed by atoms with van der Waals surface area (Å²) in [7, 11) is 1.47. The second-order valence-electron chi connectivity index (χ2n) is 4.13. The van der Waals surface area contributed by atoms with Gasteiger partial charge in [-0.05, 0) is 13.0 Å². The van der Waals surface area contributed by atoms with Crippen LogP contribution in [0.25, 0.3) is 0 Å². The zero-order chi connectivity index (χ0) is 12.4. The monoisotopic (exact) mass is 238 g/mol. The number of amides is 1. The predicted octanol–water partition coefficient (Wildman–Crippen LogP) is 0.983. The second kappa shape index (κ2) is 4.71. The third-order valence-electron chi connectivity index (χ3n) is 2.81. The fourth-order valence-electron chi connectivity index (χ4n) is 1.87. The Hall–Kier alpha value is -1.62. The van der Waals surface area contributed by atoms with Crippen molar-refractivity contribution in [3.63, 3.8) is 0 Å². The maximum absolute atomic E-state index is 13.8. The van der Waals surface area contributed by atoms with Crippen molar-refractivity contribution in [1.82, 2.24) is 10.6 Å². The van der Waals surface area contributed by atoms with E-state index < -0.39 is 11.9 Å². The summed E-state index contributed by atoms with van der Waals surface area (Å²) in [6.07, 6.45) is 0. The van der Waals surface area contributed by atoms with Crippen LogP contribution < -0.4 is 15.4 Å². The average Bonchev–Trinajstić information content (AvgIpc) is 2.32. The molecular formula is C12H15FN2O2. The van der Waals surface area contributed by atoms with Crippen LogP contribution in [0.15, 0.2) is 18.2 Å². The zero-order valence-electron chi connectivity index (χ0n) is 9.79. The molecule has 2 atom stereocenters. The minimum Gasteiger partial charge on any atom is -0.497 e.